The minimum absolute atomic E-state index is 0. The average Bonchev–Trinajstić information content (AvgIpc) is 2.70. The van der Waals surface area contributed by atoms with Gasteiger partial charge in [0.05, 0.1) is 11.1 Å². The molecule has 31 heavy (non-hydrogen) atoms. The second kappa shape index (κ2) is 10.0. The zero-order valence-corrected chi connectivity index (χ0v) is 18.5. The van der Waals surface area contributed by atoms with E-state index < -0.39 is 17.3 Å². The molecule has 0 unspecified atom stereocenters. The summed E-state index contributed by atoms with van der Waals surface area (Å²) in [7, 11) is 0. The van der Waals surface area contributed by atoms with Crippen LogP contribution in [-0.2, 0) is 17.5 Å². The van der Waals surface area contributed by atoms with Crippen LogP contribution in [0.25, 0.3) is 0 Å². The van der Waals surface area contributed by atoms with Gasteiger partial charge in [0.25, 0.3) is 0 Å². The lowest BCUT2D eigenvalue weighted by molar-refractivity contribution is -0.137. The highest BCUT2D eigenvalue weighted by atomic mass is 35.5. The van der Waals surface area contributed by atoms with E-state index in [0.717, 1.165) is 23.4 Å². The van der Waals surface area contributed by atoms with E-state index in [1.165, 1.54) is 17.7 Å². The summed E-state index contributed by atoms with van der Waals surface area (Å²) in [4.78, 5) is 14.9. The molecule has 0 aromatic heterocycles. The molecule has 3 N–H and O–H groups in total. The molecule has 1 fully saturated rings. The van der Waals surface area contributed by atoms with Gasteiger partial charge in [0.2, 0.25) is 5.91 Å². The van der Waals surface area contributed by atoms with Crippen molar-refractivity contribution in [2.24, 2.45) is 5.73 Å². The van der Waals surface area contributed by atoms with Crippen molar-refractivity contribution in [3.8, 4) is 0 Å². The zero-order valence-electron chi connectivity index (χ0n) is 17.7. The minimum Gasteiger partial charge on any atom is -0.324 e. The van der Waals surface area contributed by atoms with Gasteiger partial charge in [0.15, 0.2) is 0 Å². The van der Waals surface area contributed by atoms with Crippen LogP contribution in [0.3, 0.4) is 0 Å². The van der Waals surface area contributed by atoms with Gasteiger partial charge in [-0.15, -0.1) is 12.4 Å². The summed E-state index contributed by atoms with van der Waals surface area (Å²) in [6, 6.07) is 13.0. The number of hydrogen-bond acceptors (Lipinski definition) is 3. The molecule has 4 nitrogen and oxygen atoms in total. The van der Waals surface area contributed by atoms with Crippen LogP contribution in [0.1, 0.15) is 49.3 Å². The van der Waals surface area contributed by atoms with Crippen molar-refractivity contribution in [3.63, 3.8) is 0 Å². The van der Waals surface area contributed by atoms with E-state index in [1.54, 1.807) is 0 Å². The van der Waals surface area contributed by atoms with Gasteiger partial charge in [-0.2, -0.15) is 13.2 Å². The van der Waals surface area contributed by atoms with E-state index in [4.69, 9.17) is 5.73 Å². The first kappa shape index (κ1) is 25.2. The summed E-state index contributed by atoms with van der Waals surface area (Å²) in [6.07, 6.45) is -3.35. The number of nitrogens with two attached hydrogens (primary N) is 1. The molecule has 8 heteroatoms. The van der Waals surface area contributed by atoms with Crippen molar-refractivity contribution < 1.29 is 18.0 Å². The molecule has 1 aliphatic heterocycles. The van der Waals surface area contributed by atoms with Crippen LogP contribution < -0.4 is 11.1 Å². The molecule has 2 aromatic carbocycles. The van der Waals surface area contributed by atoms with Gasteiger partial charge < -0.3 is 11.1 Å². The number of alkyl halides is 3. The number of nitrogens with zero attached hydrogens (tertiary/aromatic N) is 1. The fourth-order valence-corrected chi connectivity index (χ4v) is 3.60. The van der Waals surface area contributed by atoms with Crippen molar-refractivity contribution in [3.05, 3.63) is 65.2 Å². The van der Waals surface area contributed by atoms with Crippen molar-refractivity contribution in [2.45, 2.75) is 50.9 Å². The third-order valence-corrected chi connectivity index (χ3v) is 5.72. The number of benzene rings is 2. The minimum atomic E-state index is -4.33. The third-order valence-electron chi connectivity index (χ3n) is 5.72. The van der Waals surface area contributed by atoms with Gasteiger partial charge in [-0.3, -0.25) is 9.69 Å². The molecule has 1 saturated heterocycles. The van der Waals surface area contributed by atoms with E-state index in [9.17, 15) is 18.0 Å². The predicted octanol–water partition coefficient (Wildman–Crippen LogP) is 5.18. The van der Waals surface area contributed by atoms with Crippen LogP contribution in [0.4, 0.5) is 18.9 Å². The third kappa shape index (κ3) is 6.45. The molecular weight excluding hydrogens is 427 g/mol. The number of carbonyl (C=O) groups is 1. The molecule has 0 saturated carbocycles. The Bertz CT molecular complexity index is 859. The van der Waals surface area contributed by atoms with E-state index in [-0.39, 0.29) is 18.3 Å². The monoisotopic (exact) mass is 455 g/mol. The number of amides is 1. The Kier molecular flexibility index (Phi) is 8.14. The highest BCUT2D eigenvalue weighted by Gasteiger charge is 2.37. The van der Waals surface area contributed by atoms with Gasteiger partial charge in [-0.05, 0) is 54.2 Å². The molecule has 2 aromatic rings. The van der Waals surface area contributed by atoms with E-state index >= 15 is 0 Å². The van der Waals surface area contributed by atoms with Crippen molar-refractivity contribution in [2.75, 3.05) is 18.4 Å². The highest BCUT2D eigenvalue weighted by Crippen LogP contribution is 2.30. The largest absolute Gasteiger partial charge is 0.416 e. The van der Waals surface area contributed by atoms with Gasteiger partial charge in [-0.25, -0.2) is 0 Å². The van der Waals surface area contributed by atoms with Crippen molar-refractivity contribution in [1.82, 2.24) is 4.90 Å². The standard InChI is InChI=1S/C23H28F3N3O.ClH/c1-16(2)18-5-9-20(10-6-18)28-21(30)22(27)11-13-29(14-12-22)15-17-3-7-19(8-4-17)23(24,25)26;/h3-10,16H,11-15,27H2,1-2H3,(H,28,30);1H. The fraction of sp³-hybridized carbons (Fsp3) is 0.435. The number of rotatable bonds is 5. The Labute approximate surface area is 187 Å². The van der Waals surface area contributed by atoms with Crippen LogP contribution in [-0.4, -0.2) is 29.4 Å². The first-order chi connectivity index (χ1) is 14.1. The second-order valence-corrected chi connectivity index (χ2v) is 8.36. The Morgan fingerprint density at radius 1 is 1.06 bits per heavy atom. The lowest BCUT2D eigenvalue weighted by atomic mass is 9.87. The molecule has 0 bridgehead atoms. The van der Waals surface area contributed by atoms with Gasteiger partial charge in [0.1, 0.15) is 0 Å². The molecule has 3 rings (SSSR count). The van der Waals surface area contributed by atoms with Crippen LogP contribution in [0.2, 0.25) is 0 Å². The lowest BCUT2D eigenvalue weighted by Gasteiger charge is -2.38. The number of anilines is 1. The first-order valence-corrected chi connectivity index (χ1v) is 10.2. The van der Waals surface area contributed by atoms with E-state index in [0.29, 0.717) is 38.4 Å². The van der Waals surface area contributed by atoms with Crippen molar-refractivity contribution in [1.29, 1.82) is 0 Å². The van der Waals surface area contributed by atoms with Crippen LogP contribution in [0.5, 0.6) is 0 Å². The molecule has 1 aliphatic rings. The topological polar surface area (TPSA) is 58.4 Å². The molecule has 0 radical (unpaired) electrons. The zero-order chi connectivity index (χ0) is 21.9. The summed E-state index contributed by atoms with van der Waals surface area (Å²) in [6.45, 7) is 5.98. The SMILES string of the molecule is CC(C)c1ccc(NC(=O)C2(N)CCN(Cc3ccc(C(F)(F)F)cc3)CC2)cc1.Cl. The second-order valence-electron chi connectivity index (χ2n) is 8.36. The molecule has 170 valence electrons. The maximum Gasteiger partial charge on any atom is 0.416 e. The molecule has 1 heterocycles. The van der Waals surface area contributed by atoms with Gasteiger partial charge >= 0.3 is 6.18 Å². The number of hydrogen-bond donors (Lipinski definition) is 2. The summed E-state index contributed by atoms with van der Waals surface area (Å²) in [5.74, 6) is 0.221. The van der Waals surface area contributed by atoms with Crippen LogP contribution in [0.15, 0.2) is 48.5 Å². The van der Waals surface area contributed by atoms with Crippen molar-refractivity contribution >= 4 is 24.0 Å². The molecular formula is C23H29ClF3N3O. The number of likely N-dealkylation sites (tertiary alicyclic amines) is 1. The Balaban J connectivity index is 0.00000341. The molecule has 0 aliphatic carbocycles. The number of carbonyl (C=O) groups excluding carboxylic acids is 1. The first-order valence-electron chi connectivity index (χ1n) is 10.2. The van der Waals surface area contributed by atoms with Crippen LogP contribution in [0, 0.1) is 0 Å². The predicted molar refractivity (Wildman–Crippen MR) is 119 cm³/mol. The summed E-state index contributed by atoms with van der Waals surface area (Å²) in [5, 5.41) is 2.91. The quantitative estimate of drug-likeness (QED) is 0.652. The lowest BCUT2D eigenvalue weighted by Crippen LogP contribution is -2.57. The molecule has 1 amide bonds. The average molecular weight is 456 g/mol. The Morgan fingerprint density at radius 3 is 2.10 bits per heavy atom. The fourth-order valence-electron chi connectivity index (χ4n) is 3.60. The highest BCUT2D eigenvalue weighted by molar-refractivity contribution is 5.98. The van der Waals surface area contributed by atoms with E-state index in [1.807, 2.05) is 24.3 Å². The van der Waals surface area contributed by atoms with E-state index in [2.05, 4.69) is 24.1 Å². The summed E-state index contributed by atoms with van der Waals surface area (Å²) in [5.41, 5.74) is 7.52. The summed E-state index contributed by atoms with van der Waals surface area (Å²) >= 11 is 0. The van der Waals surface area contributed by atoms with Gasteiger partial charge in [0, 0.05) is 25.3 Å². The Morgan fingerprint density at radius 2 is 1.61 bits per heavy atom. The number of piperidine rings is 1. The molecule has 0 atom stereocenters. The van der Waals surface area contributed by atoms with Crippen LogP contribution >= 0.6 is 12.4 Å². The molecule has 0 spiro atoms. The Hall–Kier alpha value is -2.09. The summed E-state index contributed by atoms with van der Waals surface area (Å²) < 4.78 is 38.1. The smallest absolute Gasteiger partial charge is 0.324 e. The maximum absolute atomic E-state index is 12.7. The number of nitrogens with one attached hydrogen (secondary N) is 1. The van der Waals surface area contributed by atoms with Gasteiger partial charge in [-0.1, -0.05) is 38.1 Å². The normalized spacial score (nSPS) is 16.6. The number of halogens is 4. The maximum atomic E-state index is 12.7.